The van der Waals surface area contributed by atoms with E-state index in [1.165, 1.54) is 0 Å². The van der Waals surface area contributed by atoms with E-state index in [0.29, 0.717) is 28.9 Å². The van der Waals surface area contributed by atoms with Crippen LogP contribution >= 0.6 is 9.24 Å². The van der Waals surface area contributed by atoms with Crippen LogP contribution in [0.2, 0.25) is 0 Å². The van der Waals surface area contributed by atoms with Crippen molar-refractivity contribution in [1.29, 1.82) is 0 Å². The van der Waals surface area contributed by atoms with Gasteiger partial charge in [0, 0.05) is 22.6 Å². The average molecular weight is 571 g/mol. The monoisotopic (exact) mass is 570 g/mol. The van der Waals surface area contributed by atoms with Gasteiger partial charge in [-0.2, -0.15) is 0 Å². The SMILES string of the molecule is C=C(C)C(=O)OCC(COC(=O)C(=C)C)Cc1ccc(-c2ccc(-c3ccc(OC(=O)C(=C)C)cc3)c(P)c2)cc1. The predicted octanol–water partition coefficient (Wildman–Crippen LogP) is 6.40. The quantitative estimate of drug-likeness (QED) is 0.109. The van der Waals surface area contributed by atoms with E-state index >= 15 is 0 Å². The maximum absolute atomic E-state index is 11.9. The highest BCUT2D eigenvalue weighted by molar-refractivity contribution is 7.28. The first-order valence-corrected chi connectivity index (χ1v) is 13.6. The highest BCUT2D eigenvalue weighted by atomic mass is 31.0. The molecule has 0 N–H and O–H groups in total. The second kappa shape index (κ2) is 14.4. The zero-order chi connectivity index (χ0) is 30.1. The van der Waals surface area contributed by atoms with Gasteiger partial charge in [-0.15, -0.1) is 9.24 Å². The molecule has 41 heavy (non-hydrogen) atoms. The van der Waals surface area contributed by atoms with Crippen molar-refractivity contribution < 1.29 is 28.6 Å². The van der Waals surface area contributed by atoms with Crippen molar-refractivity contribution in [2.45, 2.75) is 27.2 Å². The molecule has 0 bridgehead atoms. The average Bonchev–Trinajstić information content (AvgIpc) is 2.94. The Bertz CT molecular complexity index is 1440. The fourth-order valence-corrected chi connectivity index (χ4v) is 4.31. The molecule has 0 radical (unpaired) electrons. The van der Waals surface area contributed by atoms with Crippen LogP contribution in [-0.2, 0) is 30.3 Å². The minimum atomic E-state index is -0.476. The van der Waals surface area contributed by atoms with Crippen molar-refractivity contribution in [3.63, 3.8) is 0 Å². The lowest BCUT2D eigenvalue weighted by atomic mass is 9.96. The van der Waals surface area contributed by atoms with E-state index in [9.17, 15) is 14.4 Å². The molecule has 0 saturated carbocycles. The molecule has 3 rings (SSSR count). The lowest BCUT2D eigenvalue weighted by molar-refractivity contribution is -0.144. The van der Waals surface area contributed by atoms with Crippen LogP contribution in [0.5, 0.6) is 5.75 Å². The number of carbonyl (C=O) groups is 3. The molecule has 6 nitrogen and oxygen atoms in total. The number of hydrogen-bond donors (Lipinski definition) is 0. The third kappa shape index (κ3) is 9.12. The van der Waals surface area contributed by atoms with Gasteiger partial charge in [0.2, 0.25) is 0 Å². The summed E-state index contributed by atoms with van der Waals surface area (Å²) in [5.41, 5.74) is 6.14. The van der Waals surface area contributed by atoms with Crippen LogP contribution in [0.1, 0.15) is 26.3 Å². The Morgan fingerprint density at radius 2 is 1.17 bits per heavy atom. The lowest BCUT2D eigenvalue weighted by Crippen LogP contribution is -2.23. The molecule has 0 heterocycles. The zero-order valence-corrected chi connectivity index (χ0v) is 24.9. The summed E-state index contributed by atoms with van der Waals surface area (Å²) in [7, 11) is 2.79. The summed E-state index contributed by atoms with van der Waals surface area (Å²) in [6.07, 6.45) is 0.554. The second-order valence-electron chi connectivity index (χ2n) is 10.0. The van der Waals surface area contributed by atoms with Crippen molar-refractivity contribution in [3.8, 4) is 28.0 Å². The van der Waals surface area contributed by atoms with Crippen molar-refractivity contribution in [3.05, 3.63) is 109 Å². The van der Waals surface area contributed by atoms with E-state index in [0.717, 1.165) is 33.1 Å². The Labute approximate surface area is 243 Å². The molecule has 3 aromatic carbocycles. The number of ether oxygens (including phenoxy) is 3. The summed E-state index contributed by atoms with van der Waals surface area (Å²) in [6, 6.07) is 21.7. The highest BCUT2D eigenvalue weighted by Crippen LogP contribution is 2.27. The van der Waals surface area contributed by atoms with E-state index in [-0.39, 0.29) is 19.1 Å². The second-order valence-corrected chi connectivity index (χ2v) is 10.6. The molecule has 0 aromatic heterocycles. The molecule has 212 valence electrons. The van der Waals surface area contributed by atoms with Crippen LogP contribution in [0, 0.1) is 5.92 Å². The van der Waals surface area contributed by atoms with Gasteiger partial charge in [0.25, 0.3) is 0 Å². The standard InChI is InChI=1S/C34H35O6P/c1-21(2)32(35)38-19-25(20-39-33(36)22(3)4)17-24-7-9-26(10-8-24)28-13-16-30(31(41)18-28)27-11-14-29(15-12-27)40-34(37)23(5)6/h7-16,18,25H,1,3,5,17,19-20,41H2,2,4,6H3. The van der Waals surface area contributed by atoms with E-state index in [1.54, 1.807) is 32.9 Å². The number of esters is 3. The first kappa shape index (κ1) is 31.3. The molecule has 0 aliphatic carbocycles. The Kier molecular flexibility index (Phi) is 11.0. The van der Waals surface area contributed by atoms with E-state index in [1.807, 2.05) is 36.4 Å². The first-order valence-electron chi connectivity index (χ1n) is 13.1. The maximum Gasteiger partial charge on any atom is 0.338 e. The summed E-state index contributed by atoms with van der Waals surface area (Å²) in [4.78, 5) is 35.6. The molecular weight excluding hydrogens is 535 g/mol. The van der Waals surface area contributed by atoms with Gasteiger partial charge in [-0.1, -0.05) is 68.3 Å². The Balaban J connectivity index is 1.70. The first-order chi connectivity index (χ1) is 19.4. The van der Waals surface area contributed by atoms with Crippen molar-refractivity contribution in [2.75, 3.05) is 13.2 Å². The third-order valence-corrected chi connectivity index (χ3v) is 6.66. The molecule has 0 saturated heterocycles. The van der Waals surface area contributed by atoms with Gasteiger partial charge in [-0.25, -0.2) is 14.4 Å². The Morgan fingerprint density at radius 1 is 0.683 bits per heavy atom. The van der Waals surface area contributed by atoms with Gasteiger partial charge in [0.05, 0.1) is 13.2 Å². The predicted molar refractivity (Wildman–Crippen MR) is 166 cm³/mol. The van der Waals surface area contributed by atoms with Crippen LogP contribution in [-0.4, -0.2) is 31.1 Å². The molecule has 0 fully saturated rings. The molecule has 0 aliphatic rings. The minimum absolute atomic E-state index is 0.103. The smallest absolute Gasteiger partial charge is 0.338 e. The lowest BCUT2D eigenvalue weighted by Gasteiger charge is -2.18. The third-order valence-electron chi connectivity index (χ3n) is 6.18. The number of hydrogen-bond acceptors (Lipinski definition) is 6. The van der Waals surface area contributed by atoms with Crippen molar-refractivity contribution in [1.82, 2.24) is 0 Å². The molecular formula is C34H35O6P. The van der Waals surface area contributed by atoms with Crippen molar-refractivity contribution in [2.24, 2.45) is 5.92 Å². The topological polar surface area (TPSA) is 78.9 Å². The summed E-state index contributed by atoms with van der Waals surface area (Å²) in [6.45, 7) is 15.8. The minimum Gasteiger partial charge on any atom is -0.462 e. The van der Waals surface area contributed by atoms with Gasteiger partial charge >= 0.3 is 17.9 Å². The normalized spacial score (nSPS) is 10.6. The van der Waals surface area contributed by atoms with Crippen LogP contribution < -0.4 is 10.0 Å². The van der Waals surface area contributed by atoms with E-state index in [4.69, 9.17) is 14.2 Å². The van der Waals surface area contributed by atoms with Gasteiger partial charge in [0.15, 0.2) is 0 Å². The van der Waals surface area contributed by atoms with Crippen molar-refractivity contribution >= 4 is 32.5 Å². The number of benzene rings is 3. The van der Waals surface area contributed by atoms with E-state index in [2.05, 4.69) is 47.2 Å². The molecule has 3 aromatic rings. The zero-order valence-electron chi connectivity index (χ0n) is 23.7. The molecule has 1 atom stereocenters. The van der Waals surface area contributed by atoms with Gasteiger partial charge in [-0.05, 0) is 78.5 Å². The molecule has 0 aliphatic heterocycles. The summed E-state index contributed by atoms with van der Waals surface area (Å²) in [5.74, 6) is -1.16. The van der Waals surface area contributed by atoms with Gasteiger partial charge in [0.1, 0.15) is 5.75 Å². The van der Waals surface area contributed by atoms with E-state index < -0.39 is 17.9 Å². The van der Waals surface area contributed by atoms with Crippen LogP contribution in [0.25, 0.3) is 22.3 Å². The molecule has 0 spiro atoms. The van der Waals surface area contributed by atoms with Gasteiger partial charge < -0.3 is 14.2 Å². The fourth-order valence-electron chi connectivity index (χ4n) is 3.87. The number of carbonyl (C=O) groups excluding carboxylic acids is 3. The van der Waals surface area contributed by atoms with Crippen LogP contribution in [0.15, 0.2) is 103 Å². The fraction of sp³-hybridized carbons (Fsp3) is 0.206. The Morgan fingerprint density at radius 3 is 1.66 bits per heavy atom. The summed E-state index contributed by atoms with van der Waals surface area (Å²) >= 11 is 0. The summed E-state index contributed by atoms with van der Waals surface area (Å²) < 4.78 is 16.0. The van der Waals surface area contributed by atoms with Crippen LogP contribution in [0.4, 0.5) is 0 Å². The van der Waals surface area contributed by atoms with Crippen LogP contribution in [0.3, 0.4) is 0 Å². The largest absolute Gasteiger partial charge is 0.462 e. The molecule has 0 amide bonds. The Hall–Kier alpha value is -4.28. The summed E-state index contributed by atoms with van der Waals surface area (Å²) in [5, 5.41) is 1.02. The molecule has 7 heteroatoms. The highest BCUT2D eigenvalue weighted by Gasteiger charge is 2.17. The molecule has 1 unspecified atom stereocenters. The maximum atomic E-state index is 11.9. The number of rotatable bonds is 12. The van der Waals surface area contributed by atoms with Gasteiger partial charge in [-0.3, -0.25) is 0 Å².